The van der Waals surface area contributed by atoms with E-state index in [1.807, 2.05) is 47.8 Å². The van der Waals surface area contributed by atoms with Crippen LogP contribution in [-0.2, 0) is 11.2 Å². The Morgan fingerprint density at radius 2 is 2.00 bits per heavy atom. The molecule has 0 spiro atoms. The Balaban J connectivity index is 1.67. The maximum atomic E-state index is 11.8. The summed E-state index contributed by atoms with van der Waals surface area (Å²) in [7, 11) is 0. The first-order chi connectivity index (χ1) is 9.81. The molecule has 1 aromatic carbocycles. The van der Waals surface area contributed by atoms with Gasteiger partial charge in [-0.05, 0) is 23.6 Å². The number of nitrogens with one attached hydrogen (secondary N) is 1. The quantitative estimate of drug-likeness (QED) is 0.800. The first-order valence-corrected chi connectivity index (χ1v) is 6.90. The summed E-state index contributed by atoms with van der Waals surface area (Å²) in [5.41, 5.74) is 0.818. The van der Waals surface area contributed by atoms with Gasteiger partial charge in [0.25, 0.3) is 0 Å². The number of carbonyl (C=O) groups is 1. The van der Waals surface area contributed by atoms with Crippen molar-refractivity contribution in [1.82, 2.24) is 10.2 Å². The van der Waals surface area contributed by atoms with Gasteiger partial charge >= 0.3 is 6.01 Å². The summed E-state index contributed by atoms with van der Waals surface area (Å²) in [5, 5.41) is 12.3. The highest BCUT2D eigenvalue weighted by atomic mass is 32.1. The Bertz CT molecular complexity index is 692. The first kappa shape index (κ1) is 12.6. The Kier molecular flexibility index (Phi) is 3.56. The van der Waals surface area contributed by atoms with Crippen LogP contribution in [0.5, 0.6) is 0 Å². The third kappa shape index (κ3) is 2.92. The van der Waals surface area contributed by atoms with Gasteiger partial charge in [0.2, 0.25) is 11.8 Å². The zero-order chi connectivity index (χ0) is 13.8. The van der Waals surface area contributed by atoms with Crippen molar-refractivity contribution in [3.05, 3.63) is 52.7 Å². The van der Waals surface area contributed by atoms with Crippen LogP contribution >= 0.6 is 11.3 Å². The van der Waals surface area contributed by atoms with Gasteiger partial charge in [-0.2, -0.15) is 0 Å². The molecule has 0 atom stereocenters. The summed E-state index contributed by atoms with van der Waals surface area (Å²) < 4.78 is 5.41. The highest BCUT2D eigenvalue weighted by Crippen LogP contribution is 2.19. The fraction of sp³-hybridized carbons (Fsp3) is 0.0714. The van der Waals surface area contributed by atoms with Gasteiger partial charge in [0.1, 0.15) is 0 Å². The molecule has 20 heavy (non-hydrogen) atoms. The van der Waals surface area contributed by atoms with Gasteiger partial charge in [-0.1, -0.05) is 29.4 Å². The van der Waals surface area contributed by atoms with Crippen LogP contribution < -0.4 is 5.32 Å². The number of amides is 1. The number of rotatable bonds is 4. The number of carbonyl (C=O) groups excluding carboxylic acids is 1. The van der Waals surface area contributed by atoms with E-state index in [1.54, 1.807) is 0 Å². The smallest absolute Gasteiger partial charge is 0.322 e. The summed E-state index contributed by atoms with van der Waals surface area (Å²) >= 11 is 1.54. The monoisotopic (exact) mass is 285 g/mol. The van der Waals surface area contributed by atoms with Gasteiger partial charge in [0.15, 0.2) is 0 Å². The molecule has 100 valence electrons. The summed E-state index contributed by atoms with van der Waals surface area (Å²) in [6, 6.07) is 13.3. The topological polar surface area (TPSA) is 68.0 Å². The van der Waals surface area contributed by atoms with Crippen molar-refractivity contribution in [3.63, 3.8) is 0 Å². The maximum Gasteiger partial charge on any atom is 0.322 e. The third-order valence-corrected chi connectivity index (χ3v) is 3.48. The number of thiophene rings is 1. The second kappa shape index (κ2) is 5.66. The molecular formula is C14H11N3O2S. The highest BCUT2D eigenvalue weighted by Gasteiger charge is 2.11. The molecule has 1 N–H and O–H groups in total. The van der Waals surface area contributed by atoms with Gasteiger partial charge < -0.3 is 4.42 Å². The normalized spacial score (nSPS) is 10.4. The number of hydrogen-bond donors (Lipinski definition) is 1. The zero-order valence-electron chi connectivity index (χ0n) is 10.4. The number of benzene rings is 1. The van der Waals surface area contributed by atoms with Crippen LogP contribution in [-0.4, -0.2) is 16.1 Å². The zero-order valence-corrected chi connectivity index (χ0v) is 11.3. The molecule has 0 fully saturated rings. The average molecular weight is 285 g/mol. The molecule has 1 amide bonds. The van der Waals surface area contributed by atoms with Crippen LogP contribution in [0, 0.1) is 0 Å². The summed E-state index contributed by atoms with van der Waals surface area (Å²) in [4.78, 5) is 12.8. The molecule has 5 nitrogen and oxygen atoms in total. The van der Waals surface area contributed by atoms with Gasteiger partial charge in [-0.15, -0.1) is 16.4 Å². The third-order valence-electron chi connectivity index (χ3n) is 2.61. The van der Waals surface area contributed by atoms with E-state index in [-0.39, 0.29) is 11.9 Å². The lowest BCUT2D eigenvalue weighted by molar-refractivity contribution is -0.115. The van der Waals surface area contributed by atoms with Crippen molar-refractivity contribution in [2.45, 2.75) is 6.42 Å². The van der Waals surface area contributed by atoms with E-state index < -0.39 is 0 Å². The Labute approximate surface area is 119 Å². The summed E-state index contributed by atoms with van der Waals surface area (Å²) in [5.74, 6) is 0.215. The van der Waals surface area contributed by atoms with Crippen molar-refractivity contribution in [1.29, 1.82) is 0 Å². The molecule has 0 aliphatic heterocycles. The molecule has 6 heteroatoms. The molecular weight excluding hydrogens is 274 g/mol. The van der Waals surface area contributed by atoms with Crippen LogP contribution in [0.25, 0.3) is 11.5 Å². The Morgan fingerprint density at radius 3 is 2.75 bits per heavy atom. The fourth-order valence-corrected chi connectivity index (χ4v) is 2.41. The molecule has 0 saturated heterocycles. The Hall–Kier alpha value is -2.47. The van der Waals surface area contributed by atoms with Crippen molar-refractivity contribution in [3.8, 4) is 11.5 Å². The van der Waals surface area contributed by atoms with Crippen LogP contribution in [0.2, 0.25) is 0 Å². The number of hydrogen-bond acceptors (Lipinski definition) is 5. The number of anilines is 1. The first-order valence-electron chi connectivity index (χ1n) is 6.02. The molecule has 2 heterocycles. The largest absolute Gasteiger partial charge is 0.403 e. The number of aromatic nitrogens is 2. The molecule has 0 saturated carbocycles. The molecule has 3 aromatic rings. The van der Waals surface area contributed by atoms with E-state index in [9.17, 15) is 4.79 Å². The molecule has 0 unspecified atom stereocenters. The van der Waals surface area contributed by atoms with Crippen molar-refractivity contribution in [2.24, 2.45) is 0 Å². The SMILES string of the molecule is O=C(Cc1cccs1)Nc1nnc(-c2ccccc2)o1. The van der Waals surface area contributed by atoms with Gasteiger partial charge in [-0.3, -0.25) is 10.1 Å². The minimum atomic E-state index is -0.171. The van der Waals surface area contributed by atoms with E-state index in [0.29, 0.717) is 12.3 Å². The van der Waals surface area contributed by atoms with Crippen molar-refractivity contribution < 1.29 is 9.21 Å². The minimum Gasteiger partial charge on any atom is -0.403 e. The minimum absolute atomic E-state index is 0.116. The van der Waals surface area contributed by atoms with E-state index in [2.05, 4.69) is 15.5 Å². The highest BCUT2D eigenvalue weighted by molar-refractivity contribution is 7.10. The molecule has 0 radical (unpaired) electrons. The second-order valence-electron chi connectivity index (χ2n) is 4.08. The van der Waals surface area contributed by atoms with Crippen molar-refractivity contribution >= 4 is 23.3 Å². The lowest BCUT2D eigenvalue weighted by Gasteiger charge is -1.97. The standard InChI is InChI=1S/C14H11N3O2S/c18-12(9-11-7-4-8-20-11)15-14-17-16-13(19-14)10-5-2-1-3-6-10/h1-8H,9H2,(H,15,17,18). The second-order valence-corrected chi connectivity index (χ2v) is 5.11. The van der Waals surface area contributed by atoms with Crippen molar-refractivity contribution in [2.75, 3.05) is 5.32 Å². The lowest BCUT2D eigenvalue weighted by Crippen LogP contribution is -2.13. The van der Waals surface area contributed by atoms with Gasteiger partial charge in [0.05, 0.1) is 6.42 Å². The fourth-order valence-electron chi connectivity index (χ4n) is 1.71. The van der Waals surface area contributed by atoms with Crippen LogP contribution in [0.4, 0.5) is 6.01 Å². The molecule has 3 rings (SSSR count). The van der Waals surface area contributed by atoms with Gasteiger partial charge in [0, 0.05) is 10.4 Å². The maximum absolute atomic E-state index is 11.8. The predicted octanol–water partition coefficient (Wildman–Crippen LogP) is 2.98. The van der Waals surface area contributed by atoms with Crippen LogP contribution in [0.3, 0.4) is 0 Å². The average Bonchev–Trinajstić information content (AvgIpc) is 3.11. The van der Waals surface area contributed by atoms with Crippen LogP contribution in [0.15, 0.2) is 52.3 Å². The summed E-state index contributed by atoms with van der Waals surface area (Å²) in [6.07, 6.45) is 0.306. The molecule has 0 aliphatic carbocycles. The van der Waals surface area contributed by atoms with Gasteiger partial charge in [-0.25, -0.2) is 0 Å². The van der Waals surface area contributed by atoms with E-state index >= 15 is 0 Å². The summed E-state index contributed by atoms with van der Waals surface area (Å²) in [6.45, 7) is 0. The molecule has 2 aromatic heterocycles. The lowest BCUT2D eigenvalue weighted by atomic mass is 10.2. The number of nitrogens with zero attached hydrogens (tertiary/aromatic N) is 2. The Morgan fingerprint density at radius 1 is 1.15 bits per heavy atom. The van der Waals surface area contributed by atoms with E-state index in [0.717, 1.165) is 10.4 Å². The van der Waals surface area contributed by atoms with E-state index in [4.69, 9.17) is 4.42 Å². The molecule has 0 aliphatic rings. The van der Waals surface area contributed by atoms with Crippen LogP contribution in [0.1, 0.15) is 4.88 Å². The molecule has 0 bridgehead atoms. The van der Waals surface area contributed by atoms with E-state index in [1.165, 1.54) is 11.3 Å². The predicted molar refractivity (Wildman–Crippen MR) is 76.4 cm³/mol.